The van der Waals surface area contributed by atoms with Crippen LogP contribution in [0.1, 0.15) is 36.0 Å². The first-order valence-corrected chi connectivity index (χ1v) is 8.29. The standard InChI is InChI=1S/C17H23N3O3/c21-16-12-23-15-6-5-13(11-14(15)19-16)17(22)18-7-4-10-20-8-2-1-3-9-20/h5-6,11H,1-4,7-10,12H2,(H,18,22)(H,19,21). The van der Waals surface area contributed by atoms with Gasteiger partial charge in [-0.1, -0.05) is 6.42 Å². The maximum absolute atomic E-state index is 12.2. The lowest BCUT2D eigenvalue weighted by Gasteiger charge is -2.26. The van der Waals surface area contributed by atoms with E-state index in [1.807, 2.05) is 0 Å². The molecule has 6 heteroatoms. The first kappa shape index (κ1) is 15.8. The molecule has 2 amide bonds. The van der Waals surface area contributed by atoms with E-state index >= 15 is 0 Å². The van der Waals surface area contributed by atoms with Gasteiger partial charge in [-0.3, -0.25) is 9.59 Å². The Balaban J connectivity index is 1.46. The number of carbonyl (C=O) groups excluding carboxylic acids is 2. The van der Waals surface area contributed by atoms with Gasteiger partial charge >= 0.3 is 0 Å². The molecule has 3 rings (SSSR count). The second-order valence-electron chi connectivity index (χ2n) is 6.06. The molecule has 1 fully saturated rings. The third kappa shape index (κ3) is 4.22. The van der Waals surface area contributed by atoms with Crippen LogP contribution < -0.4 is 15.4 Å². The number of anilines is 1. The number of likely N-dealkylation sites (tertiary alicyclic amines) is 1. The van der Waals surface area contributed by atoms with Gasteiger partial charge in [0.05, 0.1) is 5.69 Å². The Morgan fingerprint density at radius 1 is 1.26 bits per heavy atom. The van der Waals surface area contributed by atoms with Gasteiger partial charge in [-0.05, 0) is 57.1 Å². The van der Waals surface area contributed by atoms with Crippen molar-refractivity contribution in [3.8, 4) is 5.75 Å². The smallest absolute Gasteiger partial charge is 0.262 e. The van der Waals surface area contributed by atoms with E-state index in [4.69, 9.17) is 4.74 Å². The summed E-state index contributed by atoms with van der Waals surface area (Å²) in [6, 6.07) is 5.10. The zero-order valence-corrected chi connectivity index (χ0v) is 13.3. The summed E-state index contributed by atoms with van der Waals surface area (Å²) in [5.74, 6) is 0.286. The number of ether oxygens (including phenoxy) is 1. The van der Waals surface area contributed by atoms with Crippen molar-refractivity contribution in [1.29, 1.82) is 0 Å². The molecule has 6 nitrogen and oxygen atoms in total. The Bertz CT molecular complexity index is 582. The van der Waals surface area contributed by atoms with Crippen molar-refractivity contribution in [2.45, 2.75) is 25.7 Å². The average Bonchev–Trinajstić information content (AvgIpc) is 2.58. The lowest BCUT2D eigenvalue weighted by molar-refractivity contribution is -0.118. The summed E-state index contributed by atoms with van der Waals surface area (Å²) in [5, 5.41) is 5.65. The first-order chi connectivity index (χ1) is 11.2. The van der Waals surface area contributed by atoms with E-state index in [1.54, 1.807) is 18.2 Å². The number of nitrogens with one attached hydrogen (secondary N) is 2. The summed E-state index contributed by atoms with van der Waals surface area (Å²) in [5.41, 5.74) is 1.09. The average molecular weight is 317 g/mol. The molecule has 0 radical (unpaired) electrons. The molecule has 0 spiro atoms. The van der Waals surface area contributed by atoms with Gasteiger partial charge in [-0.15, -0.1) is 0 Å². The Kier molecular flexibility index (Phi) is 5.12. The molecule has 0 atom stereocenters. The molecule has 0 aliphatic carbocycles. The summed E-state index contributed by atoms with van der Waals surface area (Å²) in [7, 11) is 0. The highest BCUT2D eigenvalue weighted by atomic mass is 16.5. The normalized spacial score (nSPS) is 17.8. The number of rotatable bonds is 5. The van der Waals surface area contributed by atoms with Crippen LogP contribution >= 0.6 is 0 Å². The number of carbonyl (C=O) groups is 2. The van der Waals surface area contributed by atoms with Crippen LogP contribution in [0.4, 0.5) is 5.69 Å². The van der Waals surface area contributed by atoms with Crippen LogP contribution in [0.2, 0.25) is 0 Å². The Hall–Kier alpha value is -2.08. The van der Waals surface area contributed by atoms with Gasteiger partial charge in [0.25, 0.3) is 11.8 Å². The van der Waals surface area contributed by atoms with Crippen molar-refractivity contribution in [1.82, 2.24) is 10.2 Å². The molecule has 0 unspecified atom stereocenters. The molecular weight excluding hydrogens is 294 g/mol. The van der Waals surface area contributed by atoms with Crippen molar-refractivity contribution in [3.05, 3.63) is 23.8 Å². The second kappa shape index (κ2) is 7.46. The van der Waals surface area contributed by atoms with Crippen LogP contribution in [0.25, 0.3) is 0 Å². The number of hydrogen-bond donors (Lipinski definition) is 2. The molecule has 2 heterocycles. The molecule has 0 saturated carbocycles. The molecule has 2 aliphatic rings. The van der Waals surface area contributed by atoms with Gasteiger partial charge in [-0.25, -0.2) is 0 Å². The number of benzene rings is 1. The summed E-state index contributed by atoms with van der Waals surface area (Å²) < 4.78 is 5.29. The van der Waals surface area contributed by atoms with Crippen molar-refractivity contribution < 1.29 is 14.3 Å². The minimum Gasteiger partial charge on any atom is -0.482 e. The van der Waals surface area contributed by atoms with Crippen molar-refractivity contribution in [2.24, 2.45) is 0 Å². The summed E-state index contributed by atoms with van der Waals surface area (Å²) in [4.78, 5) is 26.0. The highest BCUT2D eigenvalue weighted by Crippen LogP contribution is 2.28. The summed E-state index contributed by atoms with van der Waals surface area (Å²) >= 11 is 0. The quantitative estimate of drug-likeness (QED) is 0.810. The van der Waals surface area contributed by atoms with Gasteiger partial charge < -0.3 is 20.3 Å². The number of fused-ring (bicyclic) bond motifs is 1. The van der Waals surface area contributed by atoms with Crippen LogP contribution in [0.3, 0.4) is 0 Å². The Morgan fingerprint density at radius 3 is 2.91 bits per heavy atom. The minimum absolute atomic E-state index is 0.0229. The van der Waals surface area contributed by atoms with Crippen molar-refractivity contribution in [2.75, 3.05) is 38.1 Å². The van der Waals surface area contributed by atoms with Crippen LogP contribution in [0.5, 0.6) is 5.75 Å². The predicted molar refractivity (Wildman–Crippen MR) is 87.8 cm³/mol. The Morgan fingerprint density at radius 2 is 2.09 bits per heavy atom. The molecule has 124 valence electrons. The molecule has 23 heavy (non-hydrogen) atoms. The van der Waals surface area contributed by atoms with Gasteiger partial charge in [0, 0.05) is 12.1 Å². The minimum atomic E-state index is -0.198. The van der Waals surface area contributed by atoms with Gasteiger partial charge in [-0.2, -0.15) is 0 Å². The van der Waals surface area contributed by atoms with Gasteiger partial charge in [0.2, 0.25) is 0 Å². The highest BCUT2D eigenvalue weighted by molar-refractivity contribution is 5.99. The van der Waals surface area contributed by atoms with E-state index in [0.29, 0.717) is 23.5 Å². The van der Waals surface area contributed by atoms with E-state index in [9.17, 15) is 9.59 Å². The zero-order valence-electron chi connectivity index (χ0n) is 13.3. The molecule has 1 aromatic rings. The third-order valence-electron chi connectivity index (χ3n) is 4.26. The maximum atomic E-state index is 12.2. The molecule has 1 aromatic carbocycles. The van der Waals surface area contributed by atoms with Crippen molar-refractivity contribution in [3.63, 3.8) is 0 Å². The van der Waals surface area contributed by atoms with E-state index in [-0.39, 0.29) is 18.4 Å². The highest BCUT2D eigenvalue weighted by Gasteiger charge is 2.17. The lowest BCUT2D eigenvalue weighted by Crippen LogP contribution is -2.33. The number of nitrogens with zero attached hydrogens (tertiary/aromatic N) is 1. The summed E-state index contributed by atoms with van der Waals surface area (Å²) in [6.45, 7) is 4.08. The topological polar surface area (TPSA) is 70.7 Å². The lowest BCUT2D eigenvalue weighted by atomic mass is 10.1. The second-order valence-corrected chi connectivity index (χ2v) is 6.06. The van der Waals surface area contributed by atoms with Crippen LogP contribution in [-0.4, -0.2) is 49.5 Å². The Labute approximate surface area is 136 Å². The molecule has 0 aromatic heterocycles. The van der Waals surface area contributed by atoms with Gasteiger partial charge in [0.1, 0.15) is 5.75 Å². The van der Waals surface area contributed by atoms with E-state index in [2.05, 4.69) is 15.5 Å². The number of amides is 2. The van der Waals surface area contributed by atoms with Crippen molar-refractivity contribution >= 4 is 17.5 Å². The fraction of sp³-hybridized carbons (Fsp3) is 0.529. The molecule has 2 aliphatic heterocycles. The van der Waals surface area contributed by atoms with E-state index in [1.165, 1.54) is 32.4 Å². The first-order valence-electron chi connectivity index (χ1n) is 8.29. The molecule has 2 N–H and O–H groups in total. The maximum Gasteiger partial charge on any atom is 0.262 e. The zero-order chi connectivity index (χ0) is 16.1. The number of hydrogen-bond acceptors (Lipinski definition) is 4. The third-order valence-corrected chi connectivity index (χ3v) is 4.26. The number of piperidine rings is 1. The fourth-order valence-corrected chi connectivity index (χ4v) is 3.01. The van der Waals surface area contributed by atoms with Crippen LogP contribution in [0.15, 0.2) is 18.2 Å². The molecule has 1 saturated heterocycles. The fourth-order valence-electron chi connectivity index (χ4n) is 3.01. The monoisotopic (exact) mass is 317 g/mol. The van der Waals surface area contributed by atoms with Gasteiger partial charge in [0.15, 0.2) is 6.61 Å². The van der Waals surface area contributed by atoms with E-state index < -0.39 is 0 Å². The molecule has 0 bridgehead atoms. The van der Waals surface area contributed by atoms with E-state index in [0.717, 1.165) is 13.0 Å². The van der Waals surface area contributed by atoms with Crippen LogP contribution in [-0.2, 0) is 4.79 Å². The summed E-state index contributed by atoms with van der Waals surface area (Å²) in [6.07, 6.45) is 4.87. The molecular formula is C17H23N3O3. The van der Waals surface area contributed by atoms with Crippen LogP contribution in [0, 0.1) is 0 Å². The largest absolute Gasteiger partial charge is 0.482 e. The SMILES string of the molecule is O=C1COc2ccc(C(=O)NCCCN3CCCCC3)cc2N1. The predicted octanol–water partition coefficient (Wildman–Crippen LogP) is 1.62.